The van der Waals surface area contributed by atoms with Crippen molar-refractivity contribution in [3.05, 3.63) is 90.4 Å². The number of hydrogen-bond acceptors (Lipinski definition) is 10. The molecule has 1 aliphatic heterocycles. The molecule has 302 valence electrons. The van der Waals surface area contributed by atoms with Crippen LogP contribution in [0.15, 0.2) is 79.1 Å². The zero-order valence-corrected chi connectivity index (χ0v) is 34.7. The molecule has 5 aromatic rings. The highest BCUT2D eigenvalue weighted by molar-refractivity contribution is 6.99. The quantitative estimate of drug-likeness (QED) is 0.0948. The first-order valence-electron chi connectivity index (χ1n) is 19.6. The Morgan fingerprint density at radius 2 is 1.63 bits per heavy atom. The van der Waals surface area contributed by atoms with Crippen molar-refractivity contribution in [3.8, 4) is 5.75 Å². The molecule has 1 atom stereocenters. The van der Waals surface area contributed by atoms with Crippen molar-refractivity contribution in [1.82, 2.24) is 29.6 Å². The van der Waals surface area contributed by atoms with Crippen LogP contribution < -0.4 is 25.7 Å². The predicted molar refractivity (Wildman–Crippen MR) is 223 cm³/mol. The molecule has 1 unspecified atom stereocenters. The number of benzene rings is 2. The molecular weight excluding hydrogens is 741 g/mol. The number of hydrogen-bond donors (Lipinski definition) is 3. The van der Waals surface area contributed by atoms with E-state index in [9.17, 15) is 14.7 Å². The number of carbonyl (C=O) groups is 2. The van der Waals surface area contributed by atoms with Crippen molar-refractivity contribution in [3.63, 3.8) is 0 Å². The summed E-state index contributed by atoms with van der Waals surface area (Å²) in [6.45, 7) is 10.7. The molecule has 2 amide bonds. The number of carboxylic acid groups (broad SMARTS) is 1. The van der Waals surface area contributed by atoms with Crippen molar-refractivity contribution in [2.75, 3.05) is 44.5 Å². The van der Waals surface area contributed by atoms with Crippen molar-refractivity contribution in [1.29, 1.82) is 0 Å². The second-order valence-corrected chi connectivity index (χ2v) is 19.7. The normalized spacial score (nSPS) is 14.3. The van der Waals surface area contributed by atoms with Gasteiger partial charge < -0.3 is 29.2 Å². The molecule has 1 aliphatic rings. The van der Waals surface area contributed by atoms with Gasteiger partial charge in [-0.25, -0.2) is 14.6 Å². The first-order valence-corrected chi connectivity index (χ1v) is 21.5. The van der Waals surface area contributed by atoms with E-state index in [2.05, 4.69) is 91.8 Å². The van der Waals surface area contributed by atoms with Crippen LogP contribution in [0.5, 0.6) is 5.75 Å². The number of aromatic nitrogens is 5. The van der Waals surface area contributed by atoms with Gasteiger partial charge in [0.15, 0.2) is 5.82 Å². The van der Waals surface area contributed by atoms with Crippen LogP contribution in [-0.4, -0.2) is 95.2 Å². The monoisotopic (exact) mass is 794 g/mol. The molecule has 15 heteroatoms. The fourth-order valence-corrected chi connectivity index (χ4v) is 12.5. The van der Waals surface area contributed by atoms with Gasteiger partial charge in [-0.2, -0.15) is 10.1 Å². The fourth-order valence-electron chi connectivity index (χ4n) is 7.92. The van der Waals surface area contributed by atoms with E-state index in [1.54, 1.807) is 18.0 Å². The van der Waals surface area contributed by atoms with Crippen LogP contribution in [0.25, 0.3) is 11.0 Å². The van der Waals surface area contributed by atoms with Crippen molar-refractivity contribution >= 4 is 53.7 Å². The summed E-state index contributed by atoms with van der Waals surface area (Å²) in [6, 6.07) is 23.2. The van der Waals surface area contributed by atoms with E-state index < -0.39 is 20.5 Å². The molecule has 4 heterocycles. The number of amides is 2. The number of anilines is 2. The molecule has 3 N–H and O–H groups in total. The second-order valence-electron chi connectivity index (χ2n) is 15.4. The molecule has 57 heavy (non-hydrogen) atoms. The number of fused-ring (bicyclic) bond motifs is 1. The van der Waals surface area contributed by atoms with Crippen molar-refractivity contribution in [2.24, 2.45) is 0 Å². The molecule has 6 rings (SSSR count). The van der Waals surface area contributed by atoms with E-state index in [-0.39, 0.29) is 29.5 Å². The lowest BCUT2D eigenvalue weighted by Gasteiger charge is -2.43. The van der Waals surface area contributed by atoms with Gasteiger partial charge in [-0.05, 0) is 58.6 Å². The molecule has 0 radical (unpaired) electrons. The Kier molecular flexibility index (Phi) is 13.1. The van der Waals surface area contributed by atoms with Gasteiger partial charge in [0.2, 0.25) is 5.95 Å². The maximum atomic E-state index is 12.3. The summed E-state index contributed by atoms with van der Waals surface area (Å²) < 4.78 is 19.7. The number of rotatable bonds is 15. The van der Waals surface area contributed by atoms with Gasteiger partial charge in [0.1, 0.15) is 22.5 Å². The first-order chi connectivity index (χ1) is 27.5. The van der Waals surface area contributed by atoms with Gasteiger partial charge in [-0.3, -0.25) is 15.0 Å². The largest absolute Gasteiger partial charge is 0.495 e. The molecule has 0 saturated carbocycles. The Balaban J connectivity index is 1.29. The van der Waals surface area contributed by atoms with Crippen molar-refractivity contribution < 1.29 is 28.6 Å². The molecule has 3 aromatic heterocycles. The fraction of sp³-hybridized carbons (Fsp3) is 0.429. The number of methoxy groups -OCH3 is 2. The second kappa shape index (κ2) is 18.2. The molecule has 0 aliphatic carbocycles. The molecule has 14 nitrogen and oxygen atoms in total. The van der Waals surface area contributed by atoms with Gasteiger partial charge in [-0.15, -0.1) is 0 Å². The van der Waals surface area contributed by atoms with E-state index >= 15 is 0 Å². The standard InChI is InChI=1S/C42H54N8O6Si/c1-7-14-31(21-24-56-57(42(2,3)4,32-15-10-8-11-16-32)33-17-12-9-13-18-33)45-38-37-34(46-39(47-38)48-40(51)55-6)27-44-50(37)28-35-36(54-5)25-30(26-43-35)29-19-22-49(23-20-29)41(52)53/h8-13,15-18,25-27,29,31H,7,14,19-24,28H2,1-6H3,(H,52,53)(H2,45,46,47,48,51). The van der Waals surface area contributed by atoms with Gasteiger partial charge in [0, 0.05) is 31.9 Å². The SMILES string of the molecule is CCCC(CCO[Si](c1ccccc1)(c1ccccc1)C(C)(C)C)Nc1nc(NC(=O)OC)nc2cnn(Cc3ncc(C4CCN(C(=O)O)CC4)cc3OC)c12. The predicted octanol–water partition coefficient (Wildman–Crippen LogP) is 6.86. The average Bonchev–Trinajstić information content (AvgIpc) is 3.62. The number of likely N-dealkylation sites (tertiary alicyclic amines) is 1. The Morgan fingerprint density at radius 1 is 0.965 bits per heavy atom. The van der Waals surface area contributed by atoms with Crippen LogP contribution in [0.3, 0.4) is 0 Å². The van der Waals surface area contributed by atoms with E-state index in [1.807, 2.05) is 24.4 Å². The lowest BCUT2D eigenvalue weighted by Crippen LogP contribution is -2.66. The van der Waals surface area contributed by atoms with Gasteiger partial charge in [-0.1, -0.05) is 94.8 Å². The Labute approximate surface area is 335 Å². The molecule has 0 spiro atoms. The summed E-state index contributed by atoms with van der Waals surface area (Å²) in [4.78, 5) is 39.4. The maximum absolute atomic E-state index is 12.3. The average molecular weight is 795 g/mol. The summed E-state index contributed by atoms with van der Waals surface area (Å²) in [7, 11) is 0.152. The van der Waals surface area contributed by atoms with Crippen LogP contribution in [-0.2, 0) is 15.7 Å². The minimum absolute atomic E-state index is 0.0415. The van der Waals surface area contributed by atoms with Crippen LogP contribution >= 0.6 is 0 Å². The number of carbonyl (C=O) groups excluding carboxylic acids is 1. The Morgan fingerprint density at radius 3 is 2.21 bits per heavy atom. The number of pyridine rings is 1. The van der Waals surface area contributed by atoms with E-state index in [4.69, 9.17) is 29.0 Å². The molecule has 2 aromatic carbocycles. The summed E-state index contributed by atoms with van der Waals surface area (Å²) >= 11 is 0. The zero-order valence-electron chi connectivity index (χ0n) is 33.7. The van der Waals surface area contributed by atoms with Gasteiger partial charge in [0.05, 0.1) is 27.0 Å². The minimum Gasteiger partial charge on any atom is -0.495 e. The highest BCUT2D eigenvalue weighted by atomic mass is 28.4. The molecule has 1 fully saturated rings. The number of nitrogens with one attached hydrogen (secondary N) is 2. The summed E-state index contributed by atoms with van der Waals surface area (Å²) in [5.74, 6) is 1.39. The highest BCUT2D eigenvalue weighted by Gasteiger charge is 2.50. The molecule has 1 saturated heterocycles. The minimum atomic E-state index is -2.75. The number of piperidine rings is 1. The summed E-state index contributed by atoms with van der Waals surface area (Å²) in [5, 5.41) is 22.7. The lowest BCUT2D eigenvalue weighted by molar-refractivity contribution is 0.132. The molecule has 0 bridgehead atoms. The third-order valence-corrected chi connectivity index (χ3v) is 15.8. The van der Waals surface area contributed by atoms with Crippen LogP contribution in [0.4, 0.5) is 21.4 Å². The van der Waals surface area contributed by atoms with E-state index in [1.165, 1.54) is 22.4 Å². The van der Waals surface area contributed by atoms with Gasteiger partial charge >= 0.3 is 12.2 Å². The first kappa shape index (κ1) is 41.1. The lowest BCUT2D eigenvalue weighted by atomic mass is 9.90. The van der Waals surface area contributed by atoms with Crippen LogP contribution in [0, 0.1) is 0 Å². The third-order valence-electron chi connectivity index (χ3n) is 10.8. The van der Waals surface area contributed by atoms with E-state index in [0.717, 1.165) is 31.2 Å². The van der Waals surface area contributed by atoms with Crippen LogP contribution in [0.1, 0.15) is 77.0 Å². The third kappa shape index (κ3) is 9.20. The molecular formula is C42H54N8O6Si. The highest BCUT2D eigenvalue weighted by Crippen LogP contribution is 2.37. The summed E-state index contributed by atoms with van der Waals surface area (Å²) in [6.07, 6.45) is 5.81. The Bertz CT molecular complexity index is 2080. The number of nitrogens with zero attached hydrogens (tertiary/aromatic N) is 6. The smallest absolute Gasteiger partial charge is 0.413 e. The van der Waals surface area contributed by atoms with E-state index in [0.29, 0.717) is 54.4 Å². The maximum Gasteiger partial charge on any atom is 0.413 e. The zero-order chi connectivity index (χ0) is 40.6. The topological polar surface area (TPSA) is 166 Å². The van der Waals surface area contributed by atoms with Crippen molar-refractivity contribution in [2.45, 2.75) is 83.3 Å². The Hall–Kier alpha value is -5.54. The van der Waals surface area contributed by atoms with Gasteiger partial charge in [0.25, 0.3) is 8.32 Å². The number of ether oxygens (including phenoxy) is 2. The van der Waals surface area contributed by atoms with Crippen LogP contribution in [0.2, 0.25) is 5.04 Å². The summed E-state index contributed by atoms with van der Waals surface area (Å²) in [5.41, 5.74) is 2.85.